The lowest BCUT2D eigenvalue weighted by Crippen LogP contribution is -2.41. The first kappa shape index (κ1) is 20.3. The molecular formula is C19H21ClN4O3S. The van der Waals surface area contributed by atoms with E-state index in [0.717, 1.165) is 0 Å². The highest BCUT2D eigenvalue weighted by Gasteiger charge is 2.23. The van der Waals surface area contributed by atoms with E-state index in [9.17, 15) is 8.42 Å². The second-order valence-electron chi connectivity index (χ2n) is 6.56. The van der Waals surface area contributed by atoms with Crippen LogP contribution in [-0.4, -0.2) is 29.5 Å². The van der Waals surface area contributed by atoms with Crippen LogP contribution in [0.15, 0.2) is 65.8 Å². The van der Waals surface area contributed by atoms with E-state index in [4.69, 9.17) is 16.3 Å². The Bertz CT molecular complexity index is 1010. The molecule has 9 heteroatoms. The van der Waals surface area contributed by atoms with Gasteiger partial charge >= 0.3 is 0 Å². The standard InChI is InChI=1S/C19H21ClN4O3S/c1-14(2)18(13-24-21-11-12-22-24)23-28(25,26)16-9-7-15(8-10-16)27-19-6-4-3-5-17(19)20/h3-12,14,18,23H,13H2,1-2H3. The number of hydrogen-bond donors (Lipinski definition) is 1. The summed E-state index contributed by atoms with van der Waals surface area (Å²) >= 11 is 6.08. The molecular weight excluding hydrogens is 400 g/mol. The fraction of sp³-hybridized carbons (Fsp3) is 0.263. The largest absolute Gasteiger partial charge is 0.456 e. The Kier molecular flexibility index (Phi) is 6.33. The van der Waals surface area contributed by atoms with Crippen LogP contribution in [0.1, 0.15) is 13.8 Å². The van der Waals surface area contributed by atoms with Crippen LogP contribution in [0.25, 0.3) is 0 Å². The third-order valence-corrected chi connectivity index (χ3v) is 5.95. The highest BCUT2D eigenvalue weighted by molar-refractivity contribution is 7.89. The maximum absolute atomic E-state index is 12.8. The van der Waals surface area contributed by atoms with E-state index in [1.165, 1.54) is 16.9 Å². The van der Waals surface area contributed by atoms with Crippen molar-refractivity contribution in [2.24, 2.45) is 5.92 Å². The molecule has 0 saturated carbocycles. The lowest BCUT2D eigenvalue weighted by atomic mass is 10.1. The molecule has 0 spiro atoms. The minimum absolute atomic E-state index is 0.0589. The molecule has 148 valence electrons. The maximum Gasteiger partial charge on any atom is 0.240 e. The monoisotopic (exact) mass is 420 g/mol. The van der Waals surface area contributed by atoms with Crippen molar-refractivity contribution in [2.45, 2.75) is 31.3 Å². The van der Waals surface area contributed by atoms with E-state index in [2.05, 4.69) is 14.9 Å². The summed E-state index contributed by atoms with van der Waals surface area (Å²) in [5.74, 6) is 1.06. The van der Waals surface area contributed by atoms with Crippen LogP contribution >= 0.6 is 11.6 Å². The van der Waals surface area contributed by atoms with Crippen molar-refractivity contribution >= 4 is 21.6 Å². The second-order valence-corrected chi connectivity index (χ2v) is 8.68. The molecule has 0 aliphatic carbocycles. The summed E-state index contributed by atoms with van der Waals surface area (Å²) in [6, 6.07) is 12.9. The van der Waals surface area contributed by atoms with Gasteiger partial charge < -0.3 is 4.74 Å². The minimum atomic E-state index is -3.71. The van der Waals surface area contributed by atoms with Crippen LogP contribution in [-0.2, 0) is 16.6 Å². The van der Waals surface area contributed by atoms with Gasteiger partial charge in [-0.05, 0) is 42.3 Å². The number of aromatic nitrogens is 3. The van der Waals surface area contributed by atoms with Crippen LogP contribution in [0, 0.1) is 5.92 Å². The third-order valence-electron chi connectivity index (χ3n) is 4.14. The summed E-state index contributed by atoms with van der Waals surface area (Å²) in [5.41, 5.74) is 0. The fourth-order valence-electron chi connectivity index (χ4n) is 2.51. The number of sulfonamides is 1. The number of para-hydroxylation sites is 1. The highest BCUT2D eigenvalue weighted by atomic mass is 35.5. The molecule has 1 aromatic heterocycles. The minimum Gasteiger partial charge on any atom is -0.456 e. The molecule has 3 aromatic rings. The molecule has 0 amide bonds. The van der Waals surface area contributed by atoms with Crippen molar-refractivity contribution in [1.29, 1.82) is 0 Å². The van der Waals surface area contributed by atoms with Crippen LogP contribution < -0.4 is 9.46 Å². The summed E-state index contributed by atoms with van der Waals surface area (Å²) in [4.78, 5) is 1.62. The molecule has 0 aliphatic rings. The Morgan fingerprint density at radius 3 is 2.32 bits per heavy atom. The van der Waals surface area contributed by atoms with Gasteiger partial charge in [-0.2, -0.15) is 15.0 Å². The Morgan fingerprint density at radius 1 is 1.07 bits per heavy atom. The van der Waals surface area contributed by atoms with Crippen molar-refractivity contribution in [3.05, 3.63) is 65.9 Å². The number of rotatable bonds is 8. The number of hydrogen-bond acceptors (Lipinski definition) is 5. The van der Waals surface area contributed by atoms with E-state index >= 15 is 0 Å². The van der Waals surface area contributed by atoms with Gasteiger partial charge in [-0.1, -0.05) is 37.6 Å². The summed E-state index contributed by atoms with van der Waals surface area (Å²) in [7, 11) is -3.71. The SMILES string of the molecule is CC(C)C(Cn1nccn1)NS(=O)(=O)c1ccc(Oc2ccccc2Cl)cc1. The van der Waals surface area contributed by atoms with Gasteiger partial charge in [-0.3, -0.25) is 0 Å². The predicted molar refractivity (Wildman–Crippen MR) is 107 cm³/mol. The molecule has 1 atom stereocenters. The van der Waals surface area contributed by atoms with Gasteiger partial charge in [0.2, 0.25) is 10.0 Å². The maximum atomic E-state index is 12.8. The van der Waals surface area contributed by atoms with Gasteiger partial charge in [0.15, 0.2) is 0 Å². The Hall–Kier alpha value is -2.42. The Balaban J connectivity index is 1.73. The van der Waals surface area contributed by atoms with Gasteiger partial charge in [0.05, 0.1) is 28.9 Å². The molecule has 0 saturated heterocycles. The Morgan fingerprint density at radius 2 is 1.71 bits per heavy atom. The predicted octanol–water partition coefficient (Wildman–Crippen LogP) is 3.73. The number of ether oxygens (including phenoxy) is 1. The molecule has 1 N–H and O–H groups in total. The van der Waals surface area contributed by atoms with E-state index < -0.39 is 10.0 Å². The van der Waals surface area contributed by atoms with Gasteiger partial charge in [-0.25, -0.2) is 13.1 Å². The van der Waals surface area contributed by atoms with Gasteiger partial charge in [-0.15, -0.1) is 0 Å². The smallest absolute Gasteiger partial charge is 0.240 e. The Labute approximate surface area is 169 Å². The first-order chi connectivity index (χ1) is 13.3. The molecule has 1 heterocycles. The van der Waals surface area contributed by atoms with Crippen LogP contribution in [0.5, 0.6) is 11.5 Å². The van der Waals surface area contributed by atoms with Crippen LogP contribution in [0.2, 0.25) is 5.02 Å². The van der Waals surface area contributed by atoms with Crippen molar-refractivity contribution in [1.82, 2.24) is 19.7 Å². The van der Waals surface area contributed by atoms with Crippen molar-refractivity contribution < 1.29 is 13.2 Å². The van der Waals surface area contributed by atoms with Crippen molar-refractivity contribution in [2.75, 3.05) is 0 Å². The second kappa shape index (κ2) is 8.72. The zero-order chi connectivity index (χ0) is 20.1. The average molecular weight is 421 g/mol. The molecule has 0 aliphatic heterocycles. The van der Waals surface area contributed by atoms with E-state index in [0.29, 0.717) is 23.1 Å². The van der Waals surface area contributed by atoms with E-state index in [1.807, 2.05) is 19.9 Å². The highest BCUT2D eigenvalue weighted by Crippen LogP contribution is 2.29. The number of benzene rings is 2. The zero-order valence-corrected chi connectivity index (χ0v) is 17.1. The quantitative estimate of drug-likeness (QED) is 0.600. The molecule has 1 unspecified atom stereocenters. The lowest BCUT2D eigenvalue weighted by molar-refractivity contribution is 0.361. The number of nitrogens with zero attached hydrogens (tertiary/aromatic N) is 3. The lowest BCUT2D eigenvalue weighted by Gasteiger charge is -2.21. The number of halogens is 1. The van der Waals surface area contributed by atoms with Crippen molar-refractivity contribution in [3.63, 3.8) is 0 Å². The number of nitrogens with one attached hydrogen (secondary N) is 1. The third kappa shape index (κ3) is 5.09. The molecule has 0 fully saturated rings. The fourth-order valence-corrected chi connectivity index (χ4v) is 4.06. The summed E-state index contributed by atoms with van der Waals surface area (Å²) in [6.07, 6.45) is 3.12. The molecule has 0 radical (unpaired) electrons. The normalized spacial score (nSPS) is 12.9. The summed E-state index contributed by atoms with van der Waals surface area (Å²) < 4.78 is 34.0. The van der Waals surface area contributed by atoms with Gasteiger partial charge in [0.1, 0.15) is 11.5 Å². The zero-order valence-electron chi connectivity index (χ0n) is 15.5. The molecule has 7 nitrogen and oxygen atoms in total. The van der Waals surface area contributed by atoms with Gasteiger partial charge in [0, 0.05) is 6.04 Å². The van der Waals surface area contributed by atoms with E-state index in [1.54, 1.807) is 42.7 Å². The topological polar surface area (TPSA) is 86.1 Å². The molecule has 28 heavy (non-hydrogen) atoms. The summed E-state index contributed by atoms with van der Waals surface area (Å²) in [6.45, 7) is 4.23. The van der Waals surface area contributed by atoms with Crippen LogP contribution in [0.4, 0.5) is 0 Å². The van der Waals surface area contributed by atoms with Crippen molar-refractivity contribution in [3.8, 4) is 11.5 Å². The van der Waals surface area contributed by atoms with Gasteiger partial charge in [0.25, 0.3) is 0 Å². The molecule has 3 rings (SSSR count). The van der Waals surface area contributed by atoms with Crippen LogP contribution in [0.3, 0.4) is 0 Å². The summed E-state index contributed by atoms with van der Waals surface area (Å²) in [5, 5.41) is 8.57. The van der Waals surface area contributed by atoms with E-state index in [-0.39, 0.29) is 16.9 Å². The average Bonchev–Trinajstić information content (AvgIpc) is 3.16. The molecule has 2 aromatic carbocycles. The first-order valence-electron chi connectivity index (χ1n) is 8.74. The first-order valence-corrected chi connectivity index (χ1v) is 10.6. The molecule has 0 bridgehead atoms.